The Labute approximate surface area is 118 Å². The molecular weight excluding hydrogens is 286 g/mol. The van der Waals surface area contributed by atoms with E-state index in [1.807, 2.05) is 19.9 Å². The fraction of sp³-hybridized carbons (Fsp3) is 0.214. The van der Waals surface area contributed by atoms with Gasteiger partial charge in [0.15, 0.2) is 5.78 Å². The number of halogens is 2. The first-order chi connectivity index (χ1) is 8.97. The van der Waals surface area contributed by atoms with Crippen molar-refractivity contribution in [3.63, 3.8) is 0 Å². The third kappa shape index (κ3) is 3.42. The maximum absolute atomic E-state index is 13.4. The number of benzene rings is 1. The second kappa shape index (κ2) is 5.84. The number of rotatable bonds is 4. The molecule has 0 unspecified atom stereocenters. The molecule has 0 aliphatic carbocycles. The number of aryl methyl sites for hydroxylation is 2. The molecule has 1 aromatic carbocycles. The maximum Gasteiger partial charge on any atom is 0.174 e. The SMILES string of the molecule is Cc1cc(C(=O)CSc2cc(F)ccc2F)c(C)s1. The van der Waals surface area contributed by atoms with Crippen LogP contribution in [0.2, 0.25) is 0 Å². The molecule has 100 valence electrons. The molecule has 0 fully saturated rings. The highest BCUT2D eigenvalue weighted by atomic mass is 32.2. The first kappa shape index (κ1) is 14.2. The van der Waals surface area contributed by atoms with E-state index in [1.54, 1.807) is 11.3 Å². The summed E-state index contributed by atoms with van der Waals surface area (Å²) >= 11 is 2.58. The van der Waals surface area contributed by atoms with Crippen LogP contribution in [0.15, 0.2) is 29.2 Å². The number of carbonyl (C=O) groups excluding carboxylic acids is 1. The third-order valence-electron chi connectivity index (χ3n) is 2.59. The van der Waals surface area contributed by atoms with Crippen molar-refractivity contribution in [3.8, 4) is 0 Å². The molecule has 19 heavy (non-hydrogen) atoms. The first-order valence-electron chi connectivity index (χ1n) is 5.65. The number of Topliss-reactive ketones (excluding diaryl/α,β-unsaturated/α-hetero) is 1. The van der Waals surface area contributed by atoms with Crippen LogP contribution >= 0.6 is 23.1 Å². The fourth-order valence-electron chi connectivity index (χ4n) is 1.72. The topological polar surface area (TPSA) is 17.1 Å². The van der Waals surface area contributed by atoms with Crippen LogP contribution < -0.4 is 0 Å². The van der Waals surface area contributed by atoms with E-state index in [1.165, 1.54) is 0 Å². The van der Waals surface area contributed by atoms with Crippen LogP contribution in [0.1, 0.15) is 20.1 Å². The molecule has 0 radical (unpaired) electrons. The summed E-state index contributed by atoms with van der Waals surface area (Å²) in [5.41, 5.74) is 0.673. The predicted octanol–water partition coefficient (Wildman–Crippen LogP) is 4.62. The van der Waals surface area contributed by atoms with Gasteiger partial charge in [0.1, 0.15) is 11.6 Å². The molecule has 0 atom stereocenters. The molecule has 2 rings (SSSR count). The Morgan fingerprint density at radius 3 is 2.63 bits per heavy atom. The van der Waals surface area contributed by atoms with Crippen LogP contribution in [0.4, 0.5) is 8.78 Å². The molecule has 2 aromatic rings. The summed E-state index contributed by atoms with van der Waals surface area (Å²) in [5, 5.41) is 0. The number of carbonyl (C=O) groups is 1. The fourth-order valence-corrected chi connectivity index (χ4v) is 3.50. The van der Waals surface area contributed by atoms with Crippen molar-refractivity contribution in [2.75, 3.05) is 5.75 Å². The van der Waals surface area contributed by atoms with Gasteiger partial charge in [0.25, 0.3) is 0 Å². The van der Waals surface area contributed by atoms with Crippen molar-refractivity contribution >= 4 is 28.9 Å². The second-order valence-corrected chi connectivity index (χ2v) is 6.59. The van der Waals surface area contributed by atoms with Gasteiger partial charge in [0, 0.05) is 20.2 Å². The first-order valence-corrected chi connectivity index (χ1v) is 7.45. The van der Waals surface area contributed by atoms with Crippen molar-refractivity contribution in [1.82, 2.24) is 0 Å². The molecule has 0 aliphatic heterocycles. The van der Waals surface area contributed by atoms with Gasteiger partial charge in [-0.1, -0.05) is 0 Å². The molecular formula is C14H12F2OS2. The molecule has 0 saturated carbocycles. The van der Waals surface area contributed by atoms with Crippen molar-refractivity contribution in [2.24, 2.45) is 0 Å². The summed E-state index contributed by atoms with van der Waals surface area (Å²) in [4.78, 5) is 14.2. The van der Waals surface area contributed by atoms with E-state index in [0.717, 1.165) is 39.7 Å². The number of thiophene rings is 1. The lowest BCUT2D eigenvalue weighted by molar-refractivity contribution is 0.102. The molecule has 1 heterocycles. The van der Waals surface area contributed by atoms with Crippen LogP contribution in [0.3, 0.4) is 0 Å². The second-order valence-electron chi connectivity index (χ2n) is 4.11. The minimum atomic E-state index is -0.502. The van der Waals surface area contributed by atoms with Crippen LogP contribution in [0.5, 0.6) is 0 Å². The van der Waals surface area contributed by atoms with Gasteiger partial charge in [0.2, 0.25) is 0 Å². The molecule has 0 aliphatic rings. The van der Waals surface area contributed by atoms with E-state index < -0.39 is 11.6 Å². The van der Waals surface area contributed by atoms with Gasteiger partial charge in [-0.2, -0.15) is 0 Å². The summed E-state index contributed by atoms with van der Waals surface area (Å²) in [7, 11) is 0. The molecule has 0 bridgehead atoms. The molecule has 0 saturated heterocycles. The van der Waals surface area contributed by atoms with Crippen LogP contribution in [-0.4, -0.2) is 11.5 Å². The Kier molecular flexibility index (Phi) is 4.37. The predicted molar refractivity (Wildman–Crippen MR) is 75.2 cm³/mol. The minimum absolute atomic E-state index is 0.0597. The van der Waals surface area contributed by atoms with Gasteiger partial charge in [0.05, 0.1) is 5.75 Å². The molecule has 0 amide bonds. The smallest absolute Gasteiger partial charge is 0.174 e. The van der Waals surface area contributed by atoms with Gasteiger partial charge in [-0.05, 0) is 38.1 Å². The summed E-state index contributed by atoms with van der Waals surface area (Å²) in [6, 6.07) is 5.08. The Balaban J connectivity index is 2.08. The van der Waals surface area contributed by atoms with Gasteiger partial charge in [-0.3, -0.25) is 4.79 Å². The van der Waals surface area contributed by atoms with Gasteiger partial charge >= 0.3 is 0 Å². The number of thioether (sulfide) groups is 1. The quantitative estimate of drug-likeness (QED) is 0.605. The number of ketones is 1. The van der Waals surface area contributed by atoms with Crippen molar-refractivity contribution in [2.45, 2.75) is 18.7 Å². The molecule has 5 heteroatoms. The number of hydrogen-bond acceptors (Lipinski definition) is 3. The highest BCUT2D eigenvalue weighted by Crippen LogP contribution is 2.26. The van der Waals surface area contributed by atoms with E-state index >= 15 is 0 Å². The zero-order valence-corrected chi connectivity index (χ0v) is 12.1. The zero-order chi connectivity index (χ0) is 14.0. The monoisotopic (exact) mass is 298 g/mol. The van der Waals surface area contributed by atoms with Crippen molar-refractivity contribution in [1.29, 1.82) is 0 Å². The van der Waals surface area contributed by atoms with E-state index in [4.69, 9.17) is 0 Å². The van der Waals surface area contributed by atoms with E-state index in [9.17, 15) is 13.6 Å². The molecule has 1 aromatic heterocycles. The number of hydrogen-bond donors (Lipinski definition) is 0. The largest absolute Gasteiger partial charge is 0.293 e. The maximum atomic E-state index is 13.4. The van der Waals surface area contributed by atoms with E-state index in [-0.39, 0.29) is 16.4 Å². The zero-order valence-electron chi connectivity index (χ0n) is 10.5. The summed E-state index contributed by atoms with van der Waals surface area (Å²) in [6.45, 7) is 3.83. The average Bonchev–Trinajstić information content (AvgIpc) is 2.69. The standard InChI is InChI=1S/C14H12F2OS2/c1-8-5-11(9(2)19-8)13(17)7-18-14-6-10(15)3-4-12(14)16/h3-6H,7H2,1-2H3. The average molecular weight is 298 g/mol. The summed E-state index contributed by atoms with van der Waals surface area (Å²) < 4.78 is 26.4. The van der Waals surface area contributed by atoms with E-state index in [2.05, 4.69) is 0 Å². The Hall–Kier alpha value is -1.20. The van der Waals surface area contributed by atoms with Gasteiger partial charge in [-0.25, -0.2) is 8.78 Å². The van der Waals surface area contributed by atoms with Crippen LogP contribution in [0, 0.1) is 25.5 Å². The lowest BCUT2D eigenvalue weighted by Crippen LogP contribution is -2.02. The van der Waals surface area contributed by atoms with Crippen molar-refractivity contribution < 1.29 is 13.6 Å². The Bertz CT molecular complexity index is 620. The highest BCUT2D eigenvalue weighted by Gasteiger charge is 2.13. The molecule has 1 nitrogen and oxygen atoms in total. The Morgan fingerprint density at radius 2 is 2.00 bits per heavy atom. The van der Waals surface area contributed by atoms with Crippen molar-refractivity contribution in [3.05, 3.63) is 51.2 Å². The molecule has 0 spiro atoms. The van der Waals surface area contributed by atoms with Crippen LogP contribution in [-0.2, 0) is 0 Å². The lowest BCUT2D eigenvalue weighted by atomic mass is 10.2. The van der Waals surface area contributed by atoms with Crippen LogP contribution in [0.25, 0.3) is 0 Å². The highest BCUT2D eigenvalue weighted by molar-refractivity contribution is 8.00. The van der Waals surface area contributed by atoms with Gasteiger partial charge in [-0.15, -0.1) is 23.1 Å². The molecule has 0 N–H and O–H groups in total. The minimum Gasteiger partial charge on any atom is -0.293 e. The summed E-state index contributed by atoms with van der Waals surface area (Å²) in [6.07, 6.45) is 0. The Morgan fingerprint density at radius 1 is 1.26 bits per heavy atom. The normalized spacial score (nSPS) is 10.7. The third-order valence-corrected chi connectivity index (χ3v) is 4.59. The lowest BCUT2D eigenvalue weighted by Gasteiger charge is -2.03. The van der Waals surface area contributed by atoms with E-state index in [0.29, 0.717) is 5.56 Å². The van der Waals surface area contributed by atoms with Gasteiger partial charge < -0.3 is 0 Å². The summed E-state index contributed by atoms with van der Waals surface area (Å²) in [5.74, 6) is -0.955.